The van der Waals surface area contributed by atoms with Gasteiger partial charge in [-0.25, -0.2) is 8.42 Å². The maximum atomic E-state index is 12.9. The summed E-state index contributed by atoms with van der Waals surface area (Å²) in [5.74, 6) is -0.184. The van der Waals surface area contributed by atoms with Crippen molar-refractivity contribution in [3.05, 3.63) is 54.2 Å². The number of phenolic OH excluding ortho intramolecular Hbond substituents is 2. The molecule has 0 bridgehead atoms. The molecule has 8 heteroatoms. The minimum Gasteiger partial charge on any atom is -0.508 e. The van der Waals surface area contributed by atoms with Gasteiger partial charge in [0.2, 0.25) is 0 Å². The molecule has 0 saturated carbocycles. The third kappa shape index (κ3) is 2.99. The van der Waals surface area contributed by atoms with Crippen LogP contribution < -0.4 is 4.31 Å². The van der Waals surface area contributed by atoms with Crippen molar-refractivity contribution in [1.29, 1.82) is 0 Å². The highest BCUT2D eigenvalue weighted by molar-refractivity contribution is 7.92. The Labute approximate surface area is 151 Å². The quantitative estimate of drug-likeness (QED) is 0.637. The highest BCUT2D eigenvalue weighted by Gasteiger charge is 2.26. The van der Waals surface area contributed by atoms with Gasteiger partial charge in [0.25, 0.3) is 10.0 Å². The number of nitrogens with zero attached hydrogens (tertiary/aromatic N) is 2. The van der Waals surface area contributed by atoms with Gasteiger partial charge in [0, 0.05) is 18.7 Å². The Balaban J connectivity index is 2.10. The number of anilines is 1. The Bertz CT molecular complexity index is 1030. The molecule has 3 rings (SSSR count). The van der Waals surface area contributed by atoms with Crippen LogP contribution in [0.3, 0.4) is 0 Å². The molecule has 1 aromatic heterocycles. The first-order valence-corrected chi connectivity index (χ1v) is 9.42. The minimum absolute atomic E-state index is 0.0138. The molecule has 7 nitrogen and oxygen atoms in total. The van der Waals surface area contributed by atoms with E-state index < -0.39 is 10.0 Å². The number of hydrogen-bond acceptors (Lipinski definition) is 5. The molecule has 136 valence electrons. The summed E-state index contributed by atoms with van der Waals surface area (Å²) in [6.45, 7) is 1.87. The Kier molecular flexibility index (Phi) is 4.60. The van der Waals surface area contributed by atoms with Gasteiger partial charge in [-0.1, -0.05) is 25.1 Å². The van der Waals surface area contributed by atoms with Crippen LogP contribution in [-0.2, 0) is 16.4 Å². The van der Waals surface area contributed by atoms with Gasteiger partial charge < -0.3 is 10.2 Å². The number of aromatic hydroxyl groups is 2. The Morgan fingerprint density at radius 3 is 2.46 bits per heavy atom. The van der Waals surface area contributed by atoms with Crippen molar-refractivity contribution in [3.8, 4) is 22.8 Å². The van der Waals surface area contributed by atoms with Gasteiger partial charge in [-0.2, -0.15) is 5.10 Å². The van der Waals surface area contributed by atoms with Gasteiger partial charge in [0.15, 0.2) is 0 Å². The molecule has 0 spiro atoms. The van der Waals surface area contributed by atoms with Gasteiger partial charge in [0.05, 0.1) is 22.5 Å². The molecule has 0 amide bonds. The maximum absolute atomic E-state index is 12.9. The first-order chi connectivity index (χ1) is 12.4. The number of nitrogens with one attached hydrogen (secondary N) is 1. The van der Waals surface area contributed by atoms with Crippen LogP contribution in [0.25, 0.3) is 11.3 Å². The zero-order chi connectivity index (χ0) is 18.9. The summed E-state index contributed by atoms with van der Waals surface area (Å²) < 4.78 is 26.8. The van der Waals surface area contributed by atoms with E-state index in [0.717, 1.165) is 4.31 Å². The molecule has 0 aliphatic carbocycles. The lowest BCUT2D eigenvalue weighted by molar-refractivity contribution is 0.447. The lowest BCUT2D eigenvalue weighted by atomic mass is 10.0. The van der Waals surface area contributed by atoms with E-state index in [4.69, 9.17) is 0 Å². The van der Waals surface area contributed by atoms with Crippen molar-refractivity contribution >= 4 is 15.7 Å². The molecular weight excluding hydrogens is 354 g/mol. The molecule has 0 radical (unpaired) electrons. The van der Waals surface area contributed by atoms with Gasteiger partial charge in [0.1, 0.15) is 11.5 Å². The second kappa shape index (κ2) is 6.72. The van der Waals surface area contributed by atoms with Gasteiger partial charge >= 0.3 is 0 Å². The molecule has 0 saturated heterocycles. The number of sulfonamides is 1. The molecule has 3 N–H and O–H groups in total. The number of phenols is 2. The number of aromatic nitrogens is 2. The summed E-state index contributed by atoms with van der Waals surface area (Å²) in [5.41, 5.74) is 1.63. The van der Waals surface area contributed by atoms with Crippen molar-refractivity contribution in [3.63, 3.8) is 0 Å². The molecule has 2 aromatic carbocycles. The molecule has 0 unspecified atom stereocenters. The fraction of sp³-hybridized carbons (Fsp3) is 0.167. The summed E-state index contributed by atoms with van der Waals surface area (Å²) in [4.78, 5) is 0.152. The fourth-order valence-corrected chi connectivity index (χ4v) is 3.92. The largest absolute Gasteiger partial charge is 0.508 e. The fourth-order valence-electron chi connectivity index (χ4n) is 2.70. The Morgan fingerprint density at radius 2 is 1.81 bits per heavy atom. The second-order valence-electron chi connectivity index (χ2n) is 5.77. The van der Waals surface area contributed by atoms with Crippen LogP contribution in [0.15, 0.2) is 53.6 Å². The molecule has 0 aliphatic rings. The van der Waals surface area contributed by atoms with Crippen LogP contribution in [0.1, 0.15) is 12.5 Å². The van der Waals surface area contributed by atoms with E-state index in [1.54, 1.807) is 24.3 Å². The standard InChI is InChI=1S/C18H19N3O4S/c1-3-12-9-14(17(23)10-16(12)22)18-15(11-19-20-18)21(2)26(24,25)13-7-5-4-6-8-13/h4-11,22-23H,3H2,1-2H3,(H,19,20). The third-order valence-corrected chi connectivity index (χ3v) is 5.99. The van der Waals surface area contributed by atoms with Gasteiger partial charge in [-0.3, -0.25) is 9.40 Å². The van der Waals surface area contributed by atoms with E-state index in [1.165, 1.54) is 31.4 Å². The molecule has 0 atom stereocenters. The maximum Gasteiger partial charge on any atom is 0.264 e. The van der Waals surface area contributed by atoms with Crippen molar-refractivity contribution in [2.75, 3.05) is 11.4 Å². The predicted molar refractivity (Wildman–Crippen MR) is 98.8 cm³/mol. The number of aryl methyl sites for hydroxylation is 1. The molecule has 0 fully saturated rings. The van der Waals surface area contributed by atoms with Gasteiger partial charge in [-0.15, -0.1) is 0 Å². The third-order valence-electron chi connectivity index (χ3n) is 4.21. The molecule has 3 aromatic rings. The zero-order valence-electron chi connectivity index (χ0n) is 14.3. The average Bonchev–Trinajstić information content (AvgIpc) is 3.11. The van der Waals surface area contributed by atoms with Crippen molar-refractivity contribution in [1.82, 2.24) is 10.2 Å². The van der Waals surface area contributed by atoms with Crippen molar-refractivity contribution in [2.24, 2.45) is 0 Å². The van der Waals surface area contributed by atoms with Crippen molar-refractivity contribution in [2.45, 2.75) is 18.2 Å². The highest BCUT2D eigenvalue weighted by Crippen LogP contribution is 2.39. The smallest absolute Gasteiger partial charge is 0.264 e. The van der Waals surface area contributed by atoms with Crippen LogP contribution >= 0.6 is 0 Å². The molecule has 1 heterocycles. The number of hydrogen-bond donors (Lipinski definition) is 3. The lowest BCUT2D eigenvalue weighted by Gasteiger charge is -2.20. The topological polar surface area (TPSA) is 107 Å². The first-order valence-electron chi connectivity index (χ1n) is 7.98. The Morgan fingerprint density at radius 1 is 1.12 bits per heavy atom. The Hall–Kier alpha value is -3.00. The number of aromatic amines is 1. The highest BCUT2D eigenvalue weighted by atomic mass is 32.2. The van der Waals surface area contributed by atoms with Crippen LogP contribution in [0, 0.1) is 0 Å². The van der Waals surface area contributed by atoms with Crippen LogP contribution in [0.2, 0.25) is 0 Å². The van der Waals surface area contributed by atoms with E-state index in [-0.39, 0.29) is 22.1 Å². The van der Waals surface area contributed by atoms with Crippen LogP contribution in [0.4, 0.5) is 5.69 Å². The molecular formula is C18H19N3O4S. The van der Waals surface area contributed by atoms with E-state index >= 15 is 0 Å². The van der Waals surface area contributed by atoms with Crippen molar-refractivity contribution < 1.29 is 18.6 Å². The number of benzene rings is 2. The second-order valence-corrected chi connectivity index (χ2v) is 7.74. The first kappa shape index (κ1) is 17.8. The van der Waals surface area contributed by atoms with E-state index in [2.05, 4.69) is 10.2 Å². The van der Waals surface area contributed by atoms with Crippen LogP contribution in [0.5, 0.6) is 11.5 Å². The SMILES string of the molecule is CCc1cc(-c2[nH]ncc2N(C)S(=O)(=O)c2ccccc2)c(O)cc1O. The number of rotatable bonds is 5. The predicted octanol–water partition coefficient (Wildman–Crippen LogP) is 2.88. The average molecular weight is 373 g/mol. The number of H-pyrrole nitrogens is 1. The van der Waals surface area contributed by atoms with Crippen LogP contribution in [-0.4, -0.2) is 35.9 Å². The van der Waals surface area contributed by atoms with E-state index in [1.807, 2.05) is 6.92 Å². The lowest BCUT2D eigenvalue weighted by Crippen LogP contribution is -2.26. The monoisotopic (exact) mass is 373 g/mol. The summed E-state index contributed by atoms with van der Waals surface area (Å²) in [7, 11) is -2.36. The summed E-state index contributed by atoms with van der Waals surface area (Å²) in [5, 5.41) is 26.8. The summed E-state index contributed by atoms with van der Waals surface area (Å²) in [6.07, 6.45) is 1.94. The van der Waals surface area contributed by atoms with E-state index in [0.29, 0.717) is 23.2 Å². The molecule has 26 heavy (non-hydrogen) atoms. The normalized spacial score (nSPS) is 11.5. The van der Waals surface area contributed by atoms with Gasteiger partial charge in [-0.05, 0) is 30.2 Å². The molecule has 0 aliphatic heterocycles. The van der Waals surface area contributed by atoms with E-state index in [9.17, 15) is 18.6 Å². The minimum atomic E-state index is -3.79. The summed E-state index contributed by atoms with van der Waals surface area (Å²) in [6, 6.07) is 10.9. The zero-order valence-corrected chi connectivity index (χ0v) is 15.2. The summed E-state index contributed by atoms with van der Waals surface area (Å²) >= 11 is 0.